The van der Waals surface area contributed by atoms with Gasteiger partial charge in [0.2, 0.25) is 0 Å². The van der Waals surface area contributed by atoms with E-state index in [0.29, 0.717) is 0 Å². The number of rotatable bonds is 5. The maximum absolute atomic E-state index is 6.64. The number of anilines is 3. The van der Waals surface area contributed by atoms with Gasteiger partial charge >= 0.3 is 0 Å². The molecule has 8 aromatic rings. The summed E-state index contributed by atoms with van der Waals surface area (Å²) >= 11 is 0. The van der Waals surface area contributed by atoms with Crippen LogP contribution in [0.5, 0.6) is 0 Å². The van der Waals surface area contributed by atoms with Crippen LogP contribution in [0.3, 0.4) is 0 Å². The molecule has 238 valence electrons. The predicted octanol–water partition coefficient (Wildman–Crippen LogP) is 11.4. The molecule has 50 heavy (non-hydrogen) atoms. The van der Waals surface area contributed by atoms with Gasteiger partial charge in [-0.05, 0) is 88.2 Å². The molecule has 0 spiro atoms. The van der Waals surface area contributed by atoms with Crippen LogP contribution in [-0.2, 0) is 6.42 Å². The van der Waals surface area contributed by atoms with Crippen molar-refractivity contribution in [3.05, 3.63) is 198 Å². The summed E-state index contributed by atoms with van der Waals surface area (Å²) in [6.45, 7) is 0. The van der Waals surface area contributed by atoms with Crippen molar-refractivity contribution in [2.45, 2.75) is 18.4 Å². The smallest absolute Gasteiger partial charge is 0.0635 e. The largest absolute Gasteiger partial charge is 0.398 e. The van der Waals surface area contributed by atoms with E-state index in [0.717, 1.165) is 28.7 Å². The lowest BCUT2D eigenvalue weighted by Crippen LogP contribution is -2.29. The summed E-state index contributed by atoms with van der Waals surface area (Å²) in [4.78, 5) is 2.51. The second-order valence-electron chi connectivity index (χ2n) is 13.5. The van der Waals surface area contributed by atoms with Gasteiger partial charge in [-0.3, -0.25) is 0 Å². The molecule has 1 aromatic heterocycles. The van der Waals surface area contributed by atoms with Crippen molar-refractivity contribution in [2.24, 2.45) is 0 Å². The number of benzene rings is 7. The van der Waals surface area contributed by atoms with Gasteiger partial charge in [-0.25, -0.2) is 0 Å². The average Bonchev–Trinajstić information content (AvgIpc) is 3.69. The Labute approximate surface area is 291 Å². The number of hydrogen-bond donors (Lipinski definition) is 1. The third kappa shape index (κ3) is 4.44. The first-order chi connectivity index (χ1) is 24.7. The van der Waals surface area contributed by atoms with Gasteiger partial charge < -0.3 is 15.2 Å². The van der Waals surface area contributed by atoms with Gasteiger partial charge in [-0.15, -0.1) is 0 Å². The van der Waals surface area contributed by atoms with Gasteiger partial charge in [0.1, 0.15) is 0 Å². The summed E-state index contributed by atoms with van der Waals surface area (Å²) in [5, 5.41) is 4.83. The van der Waals surface area contributed by atoms with Crippen LogP contribution in [0.4, 0.5) is 17.1 Å². The fraction of sp³-hybridized carbons (Fsp3) is 0.0638. The SMILES string of the molecule is Nc1c(Cc2ccc(-n3c4ccccc4c4cc(C5=CC=CC6C5c5ccccc5N6c5ccccc5)ccc43)cc2)ccc2ccccc12. The molecule has 1 aliphatic carbocycles. The van der Waals surface area contributed by atoms with Crippen LogP contribution in [0, 0.1) is 0 Å². The van der Waals surface area contributed by atoms with Crippen molar-refractivity contribution in [2.75, 3.05) is 10.6 Å². The zero-order valence-electron chi connectivity index (χ0n) is 27.6. The Morgan fingerprint density at radius 2 is 1.32 bits per heavy atom. The quantitative estimate of drug-likeness (QED) is 0.190. The minimum absolute atomic E-state index is 0.218. The number of aromatic nitrogens is 1. The van der Waals surface area contributed by atoms with Crippen LogP contribution in [0.25, 0.3) is 43.8 Å². The zero-order chi connectivity index (χ0) is 33.2. The summed E-state index contributed by atoms with van der Waals surface area (Å²) in [7, 11) is 0. The fourth-order valence-electron chi connectivity index (χ4n) is 8.47. The third-order valence-corrected chi connectivity index (χ3v) is 10.8. The highest BCUT2D eigenvalue weighted by Gasteiger charge is 2.41. The molecule has 2 unspecified atom stereocenters. The van der Waals surface area contributed by atoms with Crippen molar-refractivity contribution in [1.29, 1.82) is 0 Å². The monoisotopic (exact) mass is 641 g/mol. The topological polar surface area (TPSA) is 34.2 Å². The van der Waals surface area contributed by atoms with Crippen LogP contribution in [0.2, 0.25) is 0 Å². The number of para-hydroxylation sites is 3. The molecule has 0 radical (unpaired) electrons. The maximum Gasteiger partial charge on any atom is 0.0635 e. The highest BCUT2D eigenvalue weighted by Crippen LogP contribution is 2.52. The average molecular weight is 642 g/mol. The molecule has 1 aliphatic heterocycles. The molecule has 3 heteroatoms. The number of nitrogen functional groups attached to an aromatic ring is 1. The third-order valence-electron chi connectivity index (χ3n) is 10.8. The van der Waals surface area contributed by atoms with E-state index >= 15 is 0 Å². The van der Waals surface area contributed by atoms with Gasteiger partial charge in [-0.1, -0.05) is 127 Å². The summed E-state index contributed by atoms with van der Waals surface area (Å²) < 4.78 is 2.41. The maximum atomic E-state index is 6.64. The molecule has 7 aromatic carbocycles. The first kappa shape index (κ1) is 28.7. The molecule has 10 rings (SSSR count). The molecule has 2 atom stereocenters. The van der Waals surface area contributed by atoms with Gasteiger partial charge in [0.15, 0.2) is 0 Å². The molecule has 0 saturated heterocycles. The molecule has 2 N–H and O–H groups in total. The van der Waals surface area contributed by atoms with Crippen molar-refractivity contribution < 1.29 is 0 Å². The van der Waals surface area contributed by atoms with E-state index in [4.69, 9.17) is 5.73 Å². The van der Waals surface area contributed by atoms with Crippen molar-refractivity contribution in [3.8, 4) is 5.69 Å². The van der Waals surface area contributed by atoms with Crippen LogP contribution in [0.1, 0.15) is 28.2 Å². The van der Waals surface area contributed by atoms with Gasteiger partial charge in [0, 0.05) is 44.8 Å². The van der Waals surface area contributed by atoms with E-state index < -0.39 is 0 Å². The molecule has 3 nitrogen and oxygen atoms in total. The molecule has 0 fully saturated rings. The van der Waals surface area contributed by atoms with E-state index in [2.05, 4.69) is 185 Å². The number of allylic oxidation sites excluding steroid dienone is 2. The van der Waals surface area contributed by atoms with Gasteiger partial charge in [0.05, 0.1) is 17.1 Å². The van der Waals surface area contributed by atoms with Gasteiger partial charge in [-0.2, -0.15) is 0 Å². The molecule has 0 bridgehead atoms. The number of hydrogen-bond acceptors (Lipinski definition) is 2. The van der Waals surface area contributed by atoms with Crippen molar-refractivity contribution >= 4 is 55.2 Å². The Balaban J connectivity index is 1.03. The normalized spacial score (nSPS) is 16.6. The molecule has 0 amide bonds. The zero-order valence-corrected chi connectivity index (χ0v) is 27.6. The lowest BCUT2D eigenvalue weighted by molar-refractivity contribution is 0.759. The number of nitrogens with two attached hydrogens (primary N) is 1. The molecular formula is C47H35N3. The Morgan fingerprint density at radius 1 is 0.580 bits per heavy atom. The Morgan fingerprint density at radius 3 is 2.20 bits per heavy atom. The predicted molar refractivity (Wildman–Crippen MR) is 211 cm³/mol. The number of nitrogens with zero attached hydrogens (tertiary/aromatic N) is 2. The lowest BCUT2D eigenvalue weighted by atomic mass is 9.80. The van der Waals surface area contributed by atoms with Crippen molar-refractivity contribution in [3.63, 3.8) is 0 Å². The minimum Gasteiger partial charge on any atom is -0.398 e. The van der Waals surface area contributed by atoms with Crippen LogP contribution in [0.15, 0.2) is 176 Å². The van der Waals surface area contributed by atoms with Crippen LogP contribution < -0.4 is 10.6 Å². The Hall–Kier alpha value is -6.32. The summed E-state index contributed by atoms with van der Waals surface area (Å²) in [6.07, 6.45) is 7.74. The number of fused-ring (bicyclic) bond motifs is 7. The van der Waals surface area contributed by atoms with E-state index in [1.54, 1.807) is 0 Å². The standard InChI is InChI=1S/C47H35N3/c48-47-34(24-23-32-11-4-5-14-38(32)47)29-31-21-26-36(27-22-31)49-42-18-8-6-15-39(42)41-30-33(25-28-44(41)49)37-17-10-20-45-46(37)40-16-7-9-19-43(40)50(45)35-12-2-1-3-13-35/h1-28,30,45-46H,29,48H2. The molecule has 2 heterocycles. The van der Waals surface area contributed by atoms with Crippen LogP contribution >= 0.6 is 0 Å². The Kier molecular flexibility index (Phi) is 6.53. The van der Waals surface area contributed by atoms with E-state index in [1.807, 2.05) is 0 Å². The first-order valence-corrected chi connectivity index (χ1v) is 17.4. The van der Waals surface area contributed by atoms with Gasteiger partial charge in [0.25, 0.3) is 0 Å². The second-order valence-corrected chi connectivity index (χ2v) is 13.5. The second kappa shape index (κ2) is 11.4. The summed E-state index contributed by atoms with van der Waals surface area (Å²) in [5.41, 5.74) is 20.0. The Bertz CT molecular complexity index is 2640. The summed E-state index contributed by atoms with van der Waals surface area (Å²) in [5.74, 6) is 0.242. The highest BCUT2D eigenvalue weighted by molar-refractivity contribution is 6.10. The molecule has 0 saturated carbocycles. The van der Waals surface area contributed by atoms with Crippen LogP contribution in [-0.4, -0.2) is 10.6 Å². The molecule has 2 aliphatic rings. The van der Waals surface area contributed by atoms with E-state index in [-0.39, 0.29) is 12.0 Å². The van der Waals surface area contributed by atoms with E-state index in [1.165, 1.54) is 60.8 Å². The molecular weight excluding hydrogens is 607 g/mol. The highest BCUT2D eigenvalue weighted by atomic mass is 15.2. The van der Waals surface area contributed by atoms with E-state index in [9.17, 15) is 0 Å². The first-order valence-electron chi connectivity index (χ1n) is 17.4. The summed E-state index contributed by atoms with van der Waals surface area (Å²) in [6, 6.07) is 57.4. The fourth-order valence-corrected chi connectivity index (χ4v) is 8.47. The minimum atomic E-state index is 0.218. The lowest BCUT2D eigenvalue weighted by Gasteiger charge is -2.31. The van der Waals surface area contributed by atoms with Crippen molar-refractivity contribution in [1.82, 2.24) is 4.57 Å².